The lowest BCUT2D eigenvalue weighted by atomic mass is 10.1. The highest BCUT2D eigenvalue weighted by molar-refractivity contribution is 5.79. The third-order valence-corrected chi connectivity index (χ3v) is 3.77. The molecule has 0 fully saturated rings. The number of para-hydroxylation sites is 1. The predicted octanol–water partition coefficient (Wildman–Crippen LogP) is 4.15. The summed E-state index contributed by atoms with van der Waals surface area (Å²) in [4.78, 5) is 19.4. The van der Waals surface area contributed by atoms with Gasteiger partial charge in [0.25, 0.3) is 5.56 Å². The Morgan fingerprint density at radius 3 is 2.79 bits per heavy atom. The van der Waals surface area contributed by atoms with Crippen molar-refractivity contribution in [2.75, 3.05) is 6.61 Å². The van der Waals surface area contributed by atoms with Crippen LogP contribution in [-0.2, 0) is 0 Å². The minimum Gasteiger partial charge on any atom is -0.490 e. The van der Waals surface area contributed by atoms with Crippen LogP contribution in [0.25, 0.3) is 22.3 Å². The van der Waals surface area contributed by atoms with E-state index in [1.165, 1.54) is 6.07 Å². The van der Waals surface area contributed by atoms with Gasteiger partial charge < -0.3 is 9.72 Å². The van der Waals surface area contributed by atoms with Crippen LogP contribution < -0.4 is 10.3 Å². The third kappa shape index (κ3) is 3.45. The van der Waals surface area contributed by atoms with Gasteiger partial charge in [-0.05, 0) is 42.7 Å². The molecule has 0 unspecified atom stereocenters. The molecule has 2 aromatic carbocycles. The zero-order chi connectivity index (χ0) is 17.1. The Morgan fingerprint density at radius 1 is 1.21 bits per heavy atom. The third-order valence-electron chi connectivity index (χ3n) is 3.77. The van der Waals surface area contributed by atoms with E-state index in [1.54, 1.807) is 30.3 Å². The second kappa shape index (κ2) is 6.83. The number of fused-ring (bicyclic) bond motifs is 1. The Kier molecular flexibility index (Phi) is 4.60. The van der Waals surface area contributed by atoms with Crippen LogP contribution in [0.1, 0.15) is 20.3 Å². The lowest BCUT2D eigenvalue weighted by molar-refractivity contribution is 0.277. The van der Waals surface area contributed by atoms with E-state index >= 15 is 0 Å². The number of halogens is 1. The summed E-state index contributed by atoms with van der Waals surface area (Å²) in [7, 11) is 0. The number of H-pyrrole nitrogens is 1. The van der Waals surface area contributed by atoms with Crippen molar-refractivity contribution in [2.24, 2.45) is 5.92 Å². The monoisotopic (exact) mass is 326 g/mol. The van der Waals surface area contributed by atoms with E-state index in [4.69, 9.17) is 4.74 Å². The van der Waals surface area contributed by atoms with Crippen molar-refractivity contribution in [3.05, 3.63) is 58.6 Å². The fraction of sp³-hybridized carbons (Fsp3) is 0.263. The summed E-state index contributed by atoms with van der Waals surface area (Å²) in [6.45, 7) is 4.61. The van der Waals surface area contributed by atoms with Gasteiger partial charge in [0.1, 0.15) is 5.82 Å². The normalized spacial score (nSPS) is 11.2. The SMILES string of the molecule is CC(C)CCOc1cc(-c2nc3ccccc3c(=O)[nH]2)ccc1F. The van der Waals surface area contributed by atoms with Crippen LogP contribution in [-0.4, -0.2) is 16.6 Å². The zero-order valence-electron chi connectivity index (χ0n) is 13.7. The van der Waals surface area contributed by atoms with E-state index < -0.39 is 5.82 Å². The van der Waals surface area contributed by atoms with Crippen LogP contribution >= 0.6 is 0 Å². The first-order valence-electron chi connectivity index (χ1n) is 7.96. The van der Waals surface area contributed by atoms with Gasteiger partial charge in [-0.1, -0.05) is 26.0 Å². The van der Waals surface area contributed by atoms with Gasteiger partial charge in [-0.3, -0.25) is 4.79 Å². The van der Waals surface area contributed by atoms with Gasteiger partial charge in [0.2, 0.25) is 0 Å². The summed E-state index contributed by atoms with van der Waals surface area (Å²) in [5, 5.41) is 0.525. The molecule has 0 saturated carbocycles. The van der Waals surface area contributed by atoms with Crippen molar-refractivity contribution < 1.29 is 9.13 Å². The number of nitrogens with one attached hydrogen (secondary N) is 1. The number of nitrogens with zero attached hydrogens (tertiary/aromatic N) is 1. The molecule has 1 aromatic heterocycles. The van der Waals surface area contributed by atoms with E-state index in [0.29, 0.717) is 34.8 Å². The molecule has 0 aliphatic heterocycles. The Morgan fingerprint density at radius 2 is 2.00 bits per heavy atom. The molecule has 3 rings (SSSR count). The van der Waals surface area contributed by atoms with Crippen molar-refractivity contribution in [3.8, 4) is 17.1 Å². The highest BCUT2D eigenvalue weighted by atomic mass is 19.1. The van der Waals surface area contributed by atoms with Crippen molar-refractivity contribution >= 4 is 10.9 Å². The molecule has 124 valence electrons. The lowest BCUT2D eigenvalue weighted by Crippen LogP contribution is -2.09. The second-order valence-electron chi connectivity index (χ2n) is 6.11. The summed E-state index contributed by atoms with van der Waals surface area (Å²) in [6.07, 6.45) is 0.842. The number of aromatic amines is 1. The van der Waals surface area contributed by atoms with E-state index in [9.17, 15) is 9.18 Å². The van der Waals surface area contributed by atoms with Crippen molar-refractivity contribution in [2.45, 2.75) is 20.3 Å². The molecular formula is C19H19FN2O2. The minimum atomic E-state index is -0.425. The topological polar surface area (TPSA) is 55.0 Å². The molecule has 0 bridgehead atoms. The number of aromatic nitrogens is 2. The molecule has 3 aromatic rings. The largest absolute Gasteiger partial charge is 0.490 e. The Balaban J connectivity index is 1.96. The molecular weight excluding hydrogens is 307 g/mol. The van der Waals surface area contributed by atoms with E-state index in [0.717, 1.165) is 6.42 Å². The van der Waals surface area contributed by atoms with Gasteiger partial charge in [-0.2, -0.15) is 0 Å². The molecule has 24 heavy (non-hydrogen) atoms. The fourth-order valence-electron chi connectivity index (χ4n) is 2.39. The molecule has 1 N–H and O–H groups in total. The van der Waals surface area contributed by atoms with E-state index in [1.807, 2.05) is 6.07 Å². The summed E-state index contributed by atoms with van der Waals surface area (Å²) in [5.41, 5.74) is 0.990. The van der Waals surface area contributed by atoms with Gasteiger partial charge in [-0.25, -0.2) is 9.37 Å². The Bertz CT molecular complexity index is 919. The predicted molar refractivity (Wildman–Crippen MR) is 92.7 cm³/mol. The molecule has 0 spiro atoms. The quantitative estimate of drug-likeness (QED) is 0.766. The Hall–Kier alpha value is -2.69. The molecule has 0 radical (unpaired) electrons. The fourth-order valence-corrected chi connectivity index (χ4v) is 2.39. The van der Waals surface area contributed by atoms with Gasteiger partial charge in [-0.15, -0.1) is 0 Å². The molecule has 0 aliphatic rings. The van der Waals surface area contributed by atoms with Gasteiger partial charge in [0, 0.05) is 5.56 Å². The summed E-state index contributed by atoms with van der Waals surface area (Å²) >= 11 is 0. The average molecular weight is 326 g/mol. The number of rotatable bonds is 5. The van der Waals surface area contributed by atoms with Crippen molar-refractivity contribution in [1.82, 2.24) is 9.97 Å². The number of hydrogen-bond donors (Lipinski definition) is 1. The van der Waals surface area contributed by atoms with Crippen LogP contribution in [0.4, 0.5) is 4.39 Å². The molecule has 0 aliphatic carbocycles. The first-order valence-corrected chi connectivity index (χ1v) is 7.96. The molecule has 0 saturated heterocycles. The minimum absolute atomic E-state index is 0.170. The first-order chi connectivity index (χ1) is 11.5. The van der Waals surface area contributed by atoms with Crippen LogP contribution in [0.15, 0.2) is 47.3 Å². The molecule has 5 heteroatoms. The van der Waals surface area contributed by atoms with Crippen molar-refractivity contribution in [1.29, 1.82) is 0 Å². The number of benzene rings is 2. The lowest BCUT2D eigenvalue weighted by Gasteiger charge is -2.10. The molecule has 0 atom stereocenters. The molecule has 0 amide bonds. The first kappa shape index (κ1) is 16.2. The highest BCUT2D eigenvalue weighted by Gasteiger charge is 2.10. The standard InChI is InChI=1S/C19H19FN2O2/c1-12(2)9-10-24-17-11-13(7-8-15(17)20)18-21-16-6-4-3-5-14(16)19(23)22-18/h3-8,11-12H,9-10H2,1-2H3,(H,21,22,23). The smallest absolute Gasteiger partial charge is 0.259 e. The van der Waals surface area contributed by atoms with Crippen LogP contribution in [0.5, 0.6) is 5.75 Å². The zero-order valence-corrected chi connectivity index (χ0v) is 13.7. The van der Waals surface area contributed by atoms with Gasteiger partial charge in [0.05, 0.1) is 17.5 Å². The van der Waals surface area contributed by atoms with Crippen molar-refractivity contribution in [3.63, 3.8) is 0 Å². The maximum absolute atomic E-state index is 13.9. The summed E-state index contributed by atoms with van der Waals surface area (Å²) < 4.78 is 19.5. The van der Waals surface area contributed by atoms with E-state index in [2.05, 4.69) is 23.8 Å². The van der Waals surface area contributed by atoms with Crippen LogP contribution in [0.3, 0.4) is 0 Å². The highest BCUT2D eigenvalue weighted by Crippen LogP contribution is 2.25. The van der Waals surface area contributed by atoms with Crippen LogP contribution in [0.2, 0.25) is 0 Å². The van der Waals surface area contributed by atoms with Gasteiger partial charge >= 0.3 is 0 Å². The number of hydrogen-bond acceptors (Lipinski definition) is 3. The van der Waals surface area contributed by atoms with E-state index in [-0.39, 0.29) is 11.3 Å². The number of ether oxygens (including phenoxy) is 1. The second-order valence-corrected chi connectivity index (χ2v) is 6.11. The average Bonchev–Trinajstić information content (AvgIpc) is 2.56. The van der Waals surface area contributed by atoms with Gasteiger partial charge in [0.15, 0.2) is 11.6 Å². The molecule has 1 heterocycles. The maximum atomic E-state index is 13.9. The van der Waals surface area contributed by atoms with Crippen LogP contribution in [0, 0.1) is 11.7 Å². The summed E-state index contributed by atoms with van der Waals surface area (Å²) in [5.74, 6) is 0.622. The maximum Gasteiger partial charge on any atom is 0.259 e. The Labute approximate surface area is 139 Å². The molecule has 4 nitrogen and oxygen atoms in total. The summed E-state index contributed by atoms with van der Waals surface area (Å²) in [6, 6.07) is 11.6.